The van der Waals surface area contributed by atoms with E-state index in [-0.39, 0.29) is 29.1 Å². The fraction of sp³-hybridized carbons (Fsp3) is 0.333. The van der Waals surface area contributed by atoms with Crippen LogP contribution in [-0.2, 0) is 6.18 Å². The number of carboxylic acids is 1. The number of carbonyl (C=O) groups excluding carboxylic acids is 1. The van der Waals surface area contributed by atoms with Gasteiger partial charge in [0.05, 0.1) is 11.1 Å². The number of rotatable bonds is 4. The molecule has 146 valence electrons. The lowest BCUT2D eigenvalue weighted by Crippen LogP contribution is -2.35. The van der Waals surface area contributed by atoms with Crippen molar-refractivity contribution in [2.45, 2.75) is 12.2 Å². The quantitative estimate of drug-likeness (QED) is 0.827. The Bertz CT molecular complexity index is 920. The Labute approximate surface area is 157 Å². The summed E-state index contributed by atoms with van der Waals surface area (Å²) >= 11 is 0. The molecule has 2 aromatic rings. The van der Waals surface area contributed by atoms with Gasteiger partial charge in [-0.3, -0.25) is 4.79 Å². The molecule has 0 bridgehead atoms. The molecule has 2 N–H and O–H groups in total. The zero-order valence-corrected chi connectivity index (χ0v) is 14.3. The van der Waals surface area contributed by atoms with Crippen molar-refractivity contribution in [3.63, 3.8) is 0 Å². The van der Waals surface area contributed by atoms with E-state index in [0.29, 0.717) is 18.9 Å². The Morgan fingerprint density at radius 1 is 1.07 bits per heavy atom. The van der Waals surface area contributed by atoms with E-state index < -0.39 is 23.6 Å². The maximum absolute atomic E-state index is 13.1. The first-order chi connectivity index (χ1) is 13.3. The Balaban J connectivity index is 1.38. The number of hydrogen-bond acceptors (Lipinski definition) is 5. The molecular formula is C18H15F3N4O3. The lowest BCUT2D eigenvalue weighted by Gasteiger charge is -2.21. The van der Waals surface area contributed by atoms with Gasteiger partial charge in [0.1, 0.15) is 0 Å². The van der Waals surface area contributed by atoms with Crippen molar-refractivity contribution in [2.75, 3.05) is 18.0 Å². The third kappa shape index (κ3) is 3.25. The summed E-state index contributed by atoms with van der Waals surface area (Å²) in [5.74, 6) is -1.13. The van der Waals surface area contributed by atoms with Gasteiger partial charge in [-0.15, -0.1) is 10.2 Å². The minimum absolute atomic E-state index is 0.114. The maximum Gasteiger partial charge on any atom is 0.417 e. The SMILES string of the molecule is O=C(O)c1ccc(N2CC3C(C2)C3NC(=O)c2ccccc2C(F)(F)F)nn1. The number of piperidine rings is 1. The highest BCUT2D eigenvalue weighted by atomic mass is 19.4. The number of aromatic nitrogens is 2. The monoisotopic (exact) mass is 392 g/mol. The van der Waals surface area contributed by atoms with Crippen LogP contribution in [0.3, 0.4) is 0 Å². The predicted molar refractivity (Wildman–Crippen MR) is 90.9 cm³/mol. The number of fused-ring (bicyclic) bond motifs is 1. The standard InChI is InChI=1S/C18H15F3N4O3/c19-18(20,21)12-4-2-1-3-9(12)16(26)22-15-10-7-25(8-11(10)15)14-6-5-13(17(27)28)23-24-14/h1-6,10-11,15H,7-8H2,(H,22,26)(H,27,28). The molecule has 2 aliphatic rings. The number of nitrogens with zero attached hydrogens (tertiary/aromatic N) is 3. The number of hydrogen-bond donors (Lipinski definition) is 2. The van der Waals surface area contributed by atoms with Crippen LogP contribution in [0.5, 0.6) is 0 Å². The lowest BCUT2D eigenvalue weighted by atomic mass is 10.1. The van der Waals surface area contributed by atoms with Crippen molar-refractivity contribution in [1.29, 1.82) is 0 Å². The molecule has 2 fully saturated rings. The molecule has 2 atom stereocenters. The highest BCUT2D eigenvalue weighted by Gasteiger charge is 2.57. The Kier molecular flexibility index (Phi) is 4.20. The molecule has 1 saturated carbocycles. The van der Waals surface area contributed by atoms with Gasteiger partial charge in [-0.2, -0.15) is 13.2 Å². The topological polar surface area (TPSA) is 95.4 Å². The molecule has 1 saturated heterocycles. The minimum Gasteiger partial charge on any atom is -0.476 e. The fourth-order valence-electron chi connectivity index (χ4n) is 3.69. The van der Waals surface area contributed by atoms with Gasteiger partial charge in [0.25, 0.3) is 5.91 Å². The molecule has 0 spiro atoms. The first-order valence-electron chi connectivity index (χ1n) is 8.55. The average molecular weight is 392 g/mol. The van der Waals surface area contributed by atoms with Crippen LogP contribution in [0.4, 0.5) is 19.0 Å². The van der Waals surface area contributed by atoms with E-state index in [1.165, 1.54) is 24.3 Å². The molecule has 2 unspecified atom stereocenters. The van der Waals surface area contributed by atoms with E-state index in [9.17, 15) is 22.8 Å². The summed E-state index contributed by atoms with van der Waals surface area (Å²) in [6, 6.07) is 7.46. The smallest absolute Gasteiger partial charge is 0.417 e. The third-order valence-corrected chi connectivity index (χ3v) is 5.16. The highest BCUT2D eigenvalue weighted by molar-refractivity contribution is 5.96. The van der Waals surface area contributed by atoms with Gasteiger partial charge in [0, 0.05) is 31.0 Å². The van der Waals surface area contributed by atoms with Crippen LogP contribution in [0.25, 0.3) is 0 Å². The van der Waals surface area contributed by atoms with E-state index in [1.807, 2.05) is 4.90 Å². The third-order valence-electron chi connectivity index (χ3n) is 5.16. The molecule has 1 aromatic heterocycles. The van der Waals surface area contributed by atoms with Gasteiger partial charge in [0.15, 0.2) is 11.5 Å². The summed E-state index contributed by atoms with van der Waals surface area (Å²) in [6.07, 6.45) is -4.59. The zero-order valence-electron chi connectivity index (χ0n) is 14.3. The average Bonchev–Trinajstić information content (AvgIpc) is 3.10. The number of halogens is 3. The molecule has 2 heterocycles. The number of benzene rings is 1. The second kappa shape index (κ2) is 6.47. The zero-order chi connectivity index (χ0) is 20.1. The first-order valence-corrected chi connectivity index (χ1v) is 8.55. The predicted octanol–water partition coefficient (Wildman–Crippen LogP) is 2.06. The van der Waals surface area contributed by atoms with Crippen molar-refractivity contribution < 1.29 is 27.9 Å². The molecule has 4 rings (SSSR count). The normalized spacial score (nSPS) is 23.2. The van der Waals surface area contributed by atoms with Crippen LogP contribution in [0.15, 0.2) is 36.4 Å². The van der Waals surface area contributed by atoms with Crippen molar-refractivity contribution in [3.05, 3.63) is 53.2 Å². The van der Waals surface area contributed by atoms with Crippen LogP contribution in [0.1, 0.15) is 26.4 Å². The Hall–Kier alpha value is -3.17. The maximum atomic E-state index is 13.1. The molecule has 0 radical (unpaired) electrons. The lowest BCUT2D eigenvalue weighted by molar-refractivity contribution is -0.137. The molecule has 1 aliphatic carbocycles. The second-order valence-corrected chi connectivity index (χ2v) is 6.86. The van der Waals surface area contributed by atoms with Crippen molar-refractivity contribution in [2.24, 2.45) is 11.8 Å². The largest absolute Gasteiger partial charge is 0.476 e. The van der Waals surface area contributed by atoms with Gasteiger partial charge < -0.3 is 15.3 Å². The van der Waals surface area contributed by atoms with Gasteiger partial charge >= 0.3 is 12.1 Å². The van der Waals surface area contributed by atoms with E-state index in [4.69, 9.17) is 5.11 Å². The molecular weight excluding hydrogens is 377 g/mol. The van der Waals surface area contributed by atoms with Gasteiger partial charge in [-0.05, 0) is 24.3 Å². The Morgan fingerprint density at radius 3 is 2.32 bits per heavy atom. The minimum atomic E-state index is -4.59. The van der Waals surface area contributed by atoms with Crippen LogP contribution in [-0.4, -0.2) is 46.3 Å². The summed E-state index contributed by atoms with van der Waals surface area (Å²) in [5.41, 5.74) is -1.48. The molecule has 1 aromatic carbocycles. The van der Waals surface area contributed by atoms with Crippen LogP contribution in [0, 0.1) is 11.8 Å². The molecule has 10 heteroatoms. The van der Waals surface area contributed by atoms with Gasteiger partial charge in [0.2, 0.25) is 0 Å². The Morgan fingerprint density at radius 2 is 1.75 bits per heavy atom. The molecule has 28 heavy (non-hydrogen) atoms. The molecule has 7 nitrogen and oxygen atoms in total. The summed E-state index contributed by atoms with van der Waals surface area (Å²) in [7, 11) is 0. The summed E-state index contributed by atoms with van der Waals surface area (Å²) in [5, 5.41) is 19.1. The molecule has 1 aliphatic heterocycles. The summed E-state index contributed by atoms with van der Waals surface area (Å²) in [4.78, 5) is 25.1. The van der Waals surface area contributed by atoms with Gasteiger partial charge in [-0.1, -0.05) is 12.1 Å². The van der Waals surface area contributed by atoms with E-state index in [2.05, 4.69) is 15.5 Å². The van der Waals surface area contributed by atoms with E-state index >= 15 is 0 Å². The number of amides is 1. The second-order valence-electron chi connectivity index (χ2n) is 6.86. The summed E-state index contributed by atoms with van der Waals surface area (Å²) in [6.45, 7) is 1.13. The summed E-state index contributed by atoms with van der Waals surface area (Å²) < 4.78 is 39.2. The van der Waals surface area contributed by atoms with Crippen LogP contribution in [0.2, 0.25) is 0 Å². The highest BCUT2D eigenvalue weighted by Crippen LogP contribution is 2.46. The first kappa shape index (κ1) is 18.2. The van der Waals surface area contributed by atoms with Crippen LogP contribution < -0.4 is 10.2 Å². The van der Waals surface area contributed by atoms with E-state index in [0.717, 1.165) is 6.07 Å². The number of anilines is 1. The van der Waals surface area contributed by atoms with Crippen molar-refractivity contribution in [1.82, 2.24) is 15.5 Å². The number of nitrogens with one attached hydrogen (secondary N) is 1. The van der Waals surface area contributed by atoms with Gasteiger partial charge in [-0.25, -0.2) is 4.79 Å². The van der Waals surface area contributed by atoms with Crippen molar-refractivity contribution in [3.8, 4) is 0 Å². The number of alkyl halides is 3. The molecule has 1 amide bonds. The number of carboxylic acid groups (broad SMARTS) is 1. The fourth-order valence-corrected chi connectivity index (χ4v) is 3.69. The number of carbonyl (C=O) groups is 2. The number of aromatic carboxylic acids is 1. The van der Waals surface area contributed by atoms with Crippen LogP contribution >= 0.6 is 0 Å². The van der Waals surface area contributed by atoms with Crippen molar-refractivity contribution >= 4 is 17.7 Å². The van der Waals surface area contributed by atoms with E-state index in [1.54, 1.807) is 6.07 Å².